The number of ether oxygens (including phenoxy) is 1. The molecule has 1 atom stereocenters. The molecular formula is C16H14FNO3. The zero-order valence-electron chi connectivity index (χ0n) is 11.4. The summed E-state index contributed by atoms with van der Waals surface area (Å²) in [4.78, 5) is 22.5. The van der Waals surface area contributed by atoms with Gasteiger partial charge in [-0.25, -0.2) is 4.39 Å². The quantitative estimate of drug-likeness (QED) is 0.860. The van der Waals surface area contributed by atoms with E-state index in [0.717, 1.165) is 6.07 Å². The number of aldehydes is 1. The summed E-state index contributed by atoms with van der Waals surface area (Å²) in [6, 6.07) is 12.7. The minimum atomic E-state index is -0.873. The van der Waals surface area contributed by atoms with Crippen LogP contribution in [0, 0.1) is 5.82 Å². The lowest BCUT2D eigenvalue weighted by Crippen LogP contribution is -2.30. The lowest BCUT2D eigenvalue weighted by Gasteiger charge is -2.15. The second-order valence-corrected chi connectivity index (χ2v) is 4.42. The molecule has 0 aliphatic heterocycles. The van der Waals surface area contributed by atoms with Crippen LogP contribution in [0.15, 0.2) is 48.5 Å². The Morgan fingerprint density at radius 3 is 2.57 bits per heavy atom. The van der Waals surface area contributed by atoms with Crippen LogP contribution in [0.5, 0.6) is 5.75 Å². The summed E-state index contributed by atoms with van der Waals surface area (Å²) in [6.45, 7) is 1.52. The van der Waals surface area contributed by atoms with E-state index in [1.165, 1.54) is 19.1 Å². The Kier molecular flexibility index (Phi) is 4.66. The van der Waals surface area contributed by atoms with Crippen LogP contribution < -0.4 is 10.1 Å². The molecule has 0 bridgehead atoms. The Bertz CT molecular complexity index is 643. The highest BCUT2D eigenvalue weighted by Crippen LogP contribution is 2.19. The Labute approximate surface area is 121 Å². The molecule has 2 rings (SSSR count). The molecule has 1 N–H and O–H groups in total. The fraction of sp³-hybridized carbons (Fsp3) is 0.125. The highest BCUT2D eigenvalue weighted by atomic mass is 19.1. The van der Waals surface area contributed by atoms with Crippen LogP contribution in [0.2, 0.25) is 0 Å². The van der Waals surface area contributed by atoms with Crippen LogP contribution in [-0.4, -0.2) is 18.3 Å². The lowest BCUT2D eigenvalue weighted by molar-refractivity contribution is -0.122. The number of anilines is 1. The summed E-state index contributed by atoms with van der Waals surface area (Å²) >= 11 is 0. The van der Waals surface area contributed by atoms with Crippen LogP contribution in [-0.2, 0) is 4.79 Å². The van der Waals surface area contributed by atoms with Gasteiger partial charge >= 0.3 is 0 Å². The van der Waals surface area contributed by atoms with Crippen molar-refractivity contribution in [2.24, 2.45) is 0 Å². The Balaban J connectivity index is 2.02. The van der Waals surface area contributed by atoms with E-state index < -0.39 is 11.9 Å². The van der Waals surface area contributed by atoms with E-state index in [2.05, 4.69) is 5.32 Å². The standard InChI is InChI=1S/C16H14FNO3/c1-11(16(20)18-13-5-3-2-4-6-13)21-15-8-7-12(10-19)9-14(15)17/h2-11H,1H3,(H,18,20). The third kappa shape index (κ3) is 3.89. The van der Waals surface area contributed by atoms with E-state index in [1.54, 1.807) is 24.3 Å². The summed E-state index contributed by atoms with van der Waals surface area (Å²) in [5.74, 6) is -1.14. The van der Waals surface area contributed by atoms with Gasteiger partial charge in [0.1, 0.15) is 6.29 Å². The van der Waals surface area contributed by atoms with E-state index >= 15 is 0 Å². The molecule has 5 heteroatoms. The van der Waals surface area contributed by atoms with Gasteiger partial charge in [-0.05, 0) is 37.3 Å². The largest absolute Gasteiger partial charge is 0.478 e. The van der Waals surface area contributed by atoms with Crippen molar-refractivity contribution in [1.29, 1.82) is 0 Å². The maximum atomic E-state index is 13.7. The van der Waals surface area contributed by atoms with E-state index in [-0.39, 0.29) is 17.2 Å². The fourth-order valence-corrected chi connectivity index (χ4v) is 1.70. The summed E-state index contributed by atoms with van der Waals surface area (Å²) < 4.78 is 18.9. The van der Waals surface area contributed by atoms with Gasteiger partial charge in [-0.3, -0.25) is 9.59 Å². The van der Waals surface area contributed by atoms with E-state index in [9.17, 15) is 14.0 Å². The van der Waals surface area contributed by atoms with Gasteiger partial charge in [-0.1, -0.05) is 18.2 Å². The van der Waals surface area contributed by atoms with Crippen LogP contribution in [0.3, 0.4) is 0 Å². The van der Waals surface area contributed by atoms with Crippen molar-refractivity contribution in [3.63, 3.8) is 0 Å². The number of hydrogen-bond acceptors (Lipinski definition) is 3. The number of nitrogens with one attached hydrogen (secondary N) is 1. The first-order valence-electron chi connectivity index (χ1n) is 6.37. The number of rotatable bonds is 5. The minimum Gasteiger partial charge on any atom is -0.478 e. The van der Waals surface area contributed by atoms with E-state index in [1.807, 2.05) is 6.07 Å². The molecule has 0 saturated carbocycles. The molecule has 0 spiro atoms. The molecule has 0 heterocycles. The van der Waals surface area contributed by atoms with Crippen LogP contribution in [0.4, 0.5) is 10.1 Å². The molecule has 21 heavy (non-hydrogen) atoms. The molecular weight excluding hydrogens is 273 g/mol. The van der Waals surface area contributed by atoms with Crippen LogP contribution in [0.25, 0.3) is 0 Å². The topological polar surface area (TPSA) is 55.4 Å². The maximum absolute atomic E-state index is 13.7. The number of amides is 1. The van der Waals surface area contributed by atoms with Crippen molar-refractivity contribution in [3.8, 4) is 5.75 Å². The van der Waals surface area contributed by atoms with Gasteiger partial charge in [0, 0.05) is 11.3 Å². The summed E-state index contributed by atoms with van der Waals surface area (Å²) in [7, 11) is 0. The SMILES string of the molecule is CC(Oc1ccc(C=O)cc1F)C(=O)Nc1ccccc1. The molecule has 108 valence electrons. The maximum Gasteiger partial charge on any atom is 0.265 e. The van der Waals surface area contributed by atoms with E-state index in [0.29, 0.717) is 12.0 Å². The number of benzene rings is 2. The van der Waals surface area contributed by atoms with Gasteiger partial charge in [-0.15, -0.1) is 0 Å². The highest BCUT2D eigenvalue weighted by Gasteiger charge is 2.16. The normalized spacial score (nSPS) is 11.5. The first-order valence-corrected chi connectivity index (χ1v) is 6.37. The molecule has 0 aliphatic rings. The first-order chi connectivity index (χ1) is 10.1. The minimum absolute atomic E-state index is 0.0729. The van der Waals surface area contributed by atoms with Crippen molar-refractivity contribution >= 4 is 17.9 Å². The number of hydrogen-bond donors (Lipinski definition) is 1. The molecule has 0 radical (unpaired) electrons. The van der Waals surface area contributed by atoms with Gasteiger partial charge in [0.05, 0.1) is 0 Å². The average Bonchev–Trinajstić information content (AvgIpc) is 2.50. The second kappa shape index (κ2) is 6.65. The van der Waals surface area contributed by atoms with Crippen molar-refractivity contribution in [2.45, 2.75) is 13.0 Å². The molecule has 0 fully saturated rings. The van der Waals surface area contributed by atoms with Gasteiger partial charge in [0.15, 0.2) is 17.7 Å². The zero-order chi connectivity index (χ0) is 15.2. The predicted molar refractivity (Wildman–Crippen MR) is 76.9 cm³/mol. The van der Waals surface area contributed by atoms with E-state index in [4.69, 9.17) is 4.74 Å². The monoisotopic (exact) mass is 287 g/mol. The van der Waals surface area contributed by atoms with Gasteiger partial charge < -0.3 is 10.1 Å². The first kappa shape index (κ1) is 14.7. The molecule has 0 aromatic heterocycles. The highest BCUT2D eigenvalue weighted by molar-refractivity contribution is 5.94. The van der Waals surface area contributed by atoms with Crippen molar-refractivity contribution in [3.05, 3.63) is 59.9 Å². The summed E-state index contributed by atoms with van der Waals surface area (Å²) in [5.41, 5.74) is 0.843. The van der Waals surface area contributed by atoms with Crippen LogP contribution >= 0.6 is 0 Å². The Morgan fingerprint density at radius 1 is 1.24 bits per heavy atom. The Hall–Kier alpha value is -2.69. The average molecular weight is 287 g/mol. The third-order valence-corrected chi connectivity index (χ3v) is 2.81. The molecule has 1 unspecified atom stereocenters. The van der Waals surface area contributed by atoms with Crippen molar-refractivity contribution < 1.29 is 18.7 Å². The predicted octanol–water partition coefficient (Wildman–Crippen LogP) is 3.04. The molecule has 1 amide bonds. The van der Waals surface area contributed by atoms with Crippen LogP contribution in [0.1, 0.15) is 17.3 Å². The van der Waals surface area contributed by atoms with Gasteiger partial charge in [0.2, 0.25) is 0 Å². The van der Waals surface area contributed by atoms with Crippen molar-refractivity contribution in [1.82, 2.24) is 0 Å². The fourth-order valence-electron chi connectivity index (χ4n) is 1.70. The summed E-state index contributed by atoms with van der Waals surface area (Å²) in [6.07, 6.45) is -0.333. The zero-order valence-corrected chi connectivity index (χ0v) is 11.4. The molecule has 0 saturated heterocycles. The number of carbonyl (C=O) groups is 2. The smallest absolute Gasteiger partial charge is 0.265 e. The second-order valence-electron chi connectivity index (χ2n) is 4.42. The third-order valence-electron chi connectivity index (χ3n) is 2.81. The van der Waals surface area contributed by atoms with Crippen molar-refractivity contribution in [2.75, 3.05) is 5.32 Å². The number of para-hydroxylation sites is 1. The summed E-state index contributed by atoms with van der Waals surface area (Å²) in [5, 5.41) is 2.66. The van der Waals surface area contributed by atoms with Gasteiger partial charge in [-0.2, -0.15) is 0 Å². The lowest BCUT2D eigenvalue weighted by atomic mass is 10.2. The number of halogens is 1. The molecule has 2 aromatic rings. The number of carbonyl (C=O) groups excluding carboxylic acids is 2. The van der Waals surface area contributed by atoms with Gasteiger partial charge in [0.25, 0.3) is 5.91 Å². The Morgan fingerprint density at radius 2 is 1.95 bits per heavy atom. The molecule has 4 nitrogen and oxygen atoms in total. The molecule has 2 aromatic carbocycles. The molecule has 0 aliphatic carbocycles.